The second kappa shape index (κ2) is 5.88. The average Bonchev–Trinajstić information content (AvgIpc) is 2.88. The fraction of sp³-hybridized carbons (Fsp3) is 0.385. The van der Waals surface area contributed by atoms with Gasteiger partial charge in [-0.15, -0.1) is 10.2 Å². The average molecular weight is 267 g/mol. The van der Waals surface area contributed by atoms with E-state index in [0.29, 0.717) is 11.5 Å². The van der Waals surface area contributed by atoms with E-state index in [4.69, 9.17) is 4.42 Å². The van der Waals surface area contributed by atoms with Crippen molar-refractivity contribution < 1.29 is 13.2 Å². The predicted molar refractivity (Wildman–Crippen MR) is 66.4 cm³/mol. The van der Waals surface area contributed by atoms with Gasteiger partial charge in [0.1, 0.15) is 0 Å². The van der Waals surface area contributed by atoms with Gasteiger partial charge in [0, 0.05) is 5.56 Å². The van der Waals surface area contributed by atoms with E-state index in [1.165, 1.54) is 6.07 Å². The number of benzene rings is 1. The molecule has 0 radical (unpaired) electrons. The Bertz CT molecular complexity index is 557. The second-order valence-electron chi connectivity index (χ2n) is 4.09. The number of hydrogen-bond donors (Lipinski definition) is 1. The molecule has 1 N–H and O–H groups in total. The molecule has 0 saturated heterocycles. The Morgan fingerprint density at radius 3 is 2.63 bits per heavy atom. The monoisotopic (exact) mass is 267 g/mol. The van der Waals surface area contributed by atoms with Crippen molar-refractivity contribution in [2.75, 3.05) is 6.54 Å². The van der Waals surface area contributed by atoms with E-state index in [2.05, 4.69) is 15.5 Å². The van der Waals surface area contributed by atoms with Crippen LogP contribution >= 0.6 is 0 Å². The number of nitrogens with zero attached hydrogens (tertiary/aromatic N) is 2. The number of nitrogens with one attached hydrogen (secondary N) is 1. The maximum absolute atomic E-state index is 13.1. The van der Waals surface area contributed by atoms with Crippen LogP contribution in [0.1, 0.15) is 32.2 Å². The molecule has 19 heavy (non-hydrogen) atoms. The van der Waals surface area contributed by atoms with E-state index in [9.17, 15) is 8.78 Å². The van der Waals surface area contributed by atoms with Crippen molar-refractivity contribution in [1.29, 1.82) is 0 Å². The maximum atomic E-state index is 13.1. The van der Waals surface area contributed by atoms with Gasteiger partial charge < -0.3 is 9.73 Å². The van der Waals surface area contributed by atoms with Gasteiger partial charge in [0.15, 0.2) is 11.6 Å². The zero-order chi connectivity index (χ0) is 13.8. The van der Waals surface area contributed by atoms with Crippen LogP contribution in [0.25, 0.3) is 11.5 Å². The predicted octanol–water partition coefficient (Wildman–Crippen LogP) is 3.08. The quantitative estimate of drug-likeness (QED) is 0.904. The first-order chi connectivity index (χ1) is 9.15. The molecule has 1 atom stereocenters. The first-order valence-electron chi connectivity index (χ1n) is 6.17. The Morgan fingerprint density at radius 1 is 1.21 bits per heavy atom. The summed E-state index contributed by atoms with van der Waals surface area (Å²) >= 11 is 0. The third kappa shape index (κ3) is 2.96. The minimum atomic E-state index is -0.934. The van der Waals surface area contributed by atoms with Gasteiger partial charge >= 0.3 is 0 Å². The molecule has 0 spiro atoms. The molecule has 4 nitrogen and oxygen atoms in total. The Balaban J connectivity index is 2.27. The lowest BCUT2D eigenvalue weighted by molar-refractivity contribution is 0.401. The molecule has 0 saturated carbocycles. The minimum absolute atomic E-state index is 0.0310. The number of rotatable bonds is 5. The standard InChI is InChI=1S/C13H15F2N3O/c1-3-11(16-4-2)13-18-17-12(19-13)8-5-6-9(14)10(15)7-8/h5-7,11,16H,3-4H2,1-2H3. The van der Waals surface area contributed by atoms with Gasteiger partial charge in [0.25, 0.3) is 0 Å². The van der Waals surface area contributed by atoms with Gasteiger partial charge in [-0.25, -0.2) is 8.78 Å². The summed E-state index contributed by atoms with van der Waals surface area (Å²) in [4.78, 5) is 0. The summed E-state index contributed by atoms with van der Waals surface area (Å²) in [5, 5.41) is 11.0. The minimum Gasteiger partial charge on any atom is -0.419 e. The molecule has 1 aromatic heterocycles. The molecule has 1 heterocycles. The SMILES string of the molecule is CCNC(CC)c1nnc(-c2ccc(F)c(F)c2)o1. The fourth-order valence-electron chi connectivity index (χ4n) is 1.77. The van der Waals surface area contributed by atoms with Crippen LogP contribution < -0.4 is 5.32 Å². The zero-order valence-corrected chi connectivity index (χ0v) is 10.8. The van der Waals surface area contributed by atoms with Crippen LogP contribution in [0.5, 0.6) is 0 Å². The normalized spacial score (nSPS) is 12.6. The molecule has 0 aliphatic heterocycles. The van der Waals surface area contributed by atoms with Gasteiger partial charge in [-0.2, -0.15) is 0 Å². The van der Waals surface area contributed by atoms with Gasteiger partial charge in [-0.05, 0) is 31.2 Å². The smallest absolute Gasteiger partial charge is 0.247 e. The highest BCUT2D eigenvalue weighted by molar-refractivity contribution is 5.52. The van der Waals surface area contributed by atoms with Crippen LogP contribution in [0, 0.1) is 11.6 Å². The van der Waals surface area contributed by atoms with Gasteiger partial charge in [0.05, 0.1) is 6.04 Å². The van der Waals surface area contributed by atoms with Crippen LogP contribution in [0.15, 0.2) is 22.6 Å². The molecule has 1 unspecified atom stereocenters. The number of aromatic nitrogens is 2. The molecular formula is C13H15F2N3O. The first-order valence-corrected chi connectivity index (χ1v) is 6.17. The molecule has 0 bridgehead atoms. The fourth-order valence-corrected chi connectivity index (χ4v) is 1.77. The Morgan fingerprint density at radius 2 is 2.00 bits per heavy atom. The highest BCUT2D eigenvalue weighted by Crippen LogP contribution is 2.23. The Kier molecular flexibility index (Phi) is 4.21. The van der Waals surface area contributed by atoms with Crippen LogP contribution in [-0.4, -0.2) is 16.7 Å². The number of halogens is 2. The van der Waals surface area contributed by atoms with Crippen molar-refractivity contribution in [3.8, 4) is 11.5 Å². The second-order valence-corrected chi connectivity index (χ2v) is 4.09. The highest BCUT2D eigenvalue weighted by atomic mass is 19.2. The van der Waals surface area contributed by atoms with E-state index < -0.39 is 11.6 Å². The lowest BCUT2D eigenvalue weighted by atomic mass is 10.2. The van der Waals surface area contributed by atoms with E-state index in [0.717, 1.165) is 25.1 Å². The molecule has 0 aliphatic carbocycles. The molecule has 0 aliphatic rings. The molecule has 0 fully saturated rings. The lowest BCUT2D eigenvalue weighted by Gasteiger charge is -2.10. The van der Waals surface area contributed by atoms with E-state index in [-0.39, 0.29) is 11.9 Å². The molecule has 2 aromatic rings. The number of hydrogen-bond acceptors (Lipinski definition) is 4. The summed E-state index contributed by atoms with van der Waals surface area (Å²) in [7, 11) is 0. The zero-order valence-electron chi connectivity index (χ0n) is 10.8. The van der Waals surface area contributed by atoms with Crippen molar-refractivity contribution in [2.24, 2.45) is 0 Å². The largest absolute Gasteiger partial charge is 0.419 e. The van der Waals surface area contributed by atoms with Crippen LogP contribution in [0.2, 0.25) is 0 Å². The van der Waals surface area contributed by atoms with Crippen molar-refractivity contribution in [1.82, 2.24) is 15.5 Å². The molecule has 6 heteroatoms. The highest BCUT2D eigenvalue weighted by Gasteiger charge is 2.17. The van der Waals surface area contributed by atoms with Gasteiger partial charge in [-0.1, -0.05) is 13.8 Å². The summed E-state index contributed by atoms with van der Waals surface area (Å²) in [6.45, 7) is 4.76. The van der Waals surface area contributed by atoms with Crippen molar-refractivity contribution in [3.63, 3.8) is 0 Å². The summed E-state index contributed by atoms with van der Waals surface area (Å²) in [5.74, 6) is -1.20. The third-order valence-electron chi connectivity index (χ3n) is 2.76. The summed E-state index contributed by atoms with van der Waals surface area (Å²) < 4.78 is 31.5. The van der Waals surface area contributed by atoms with Crippen molar-refractivity contribution >= 4 is 0 Å². The van der Waals surface area contributed by atoms with Crippen LogP contribution in [-0.2, 0) is 0 Å². The maximum Gasteiger partial charge on any atom is 0.247 e. The van der Waals surface area contributed by atoms with E-state index >= 15 is 0 Å². The summed E-state index contributed by atoms with van der Waals surface area (Å²) in [5.41, 5.74) is 0.365. The molecule has 102 valence electrons. The lowest BCUT2D eigenvalue weighted by Crippen LogP contribution is -2.20. The molecule has 0 amide bonds. The summed E-state index contributed by atoms with van der Waals surface area (Å²) in [6.07, 6.45) is 0.799. The van der Waals surface area contributed by atoms with E-state index in [1.54, 1.807) is 0 Å². The van der Waals surface area contributed by atoms with Gasteiger partial charge in [0.2, 0.25) is 11.8 Å². The Labute approximate surface area is 109 Å². The van der Waals surface area contributed by atoms with Crippen LogP contribution in [0.3, 0.4) is 0 Å². The molecule has 2 rings (SSSR count). The van der Waals surface area contributed by atoms with Crippen molar-refractivity contribution in [3.05, 3.63) is 35.7 Å². The third-order valence-corrected chi connectivity index (χ3v) is 2.76. The van der Waals surface area contributed by atoms with E-state index in [1.807, 2.05) is 13.8 Å². The summed E-state index contributed by atoms with van der Waals surface area (Å²) in [6, 6.07) is 3.46. The van der Waals surface area contributed by atoms with Gasteiger partial charge in [-0.3, -0.25) is 0 Å². The Hall–Kier alpha value is -1.82. The molecule has 1 aromatic carbocycles. The molecular weight excluding hydrogens is 252 g/mol. The first kappa shape index (κ1) is 13.6. The van der Waals surface area contributed by atoms with Crippen LogP contribution in [0.4, 0.5) is 8.78 Å². The topological polar surface area (TPSA) is 51.0 Å². The van der Waals surface area contributed by atoms with Crippen molar-refractivity contribution in [2.45, 2.75) is 26.3 Å².